The van der Waals surface area contributed by atoms with Gasteiger partial charge >= 0.3 is 17.9 Å². The molecule has 4 heterocycles. The molecular formula is C37H36F3N7O5S. The van der Waals surface area contributed by atoms with E-state index in [-0.39, 0.29) is 28.0 Å². The van der Waals surface area contributed by atoms with Crippen molar-refractivity contribution < 1.29 is 35.4 Å². The molecule has 2 aliphatic heterocycles. The molecule has 7 rings (SSSR count). The van der Waals surface area contributed by atoms with E-state index < -0.39 is 33.6 Å². The number of quaternary nitrogens is 1. The summed E-state index contributed by atoms with van der Waals surface area (Å²) in [7, 11) is 0.175. The Hall–Kier alpha value is -5.50. The number of hydrogen-bond donors (Lipinski definition) is 1. The first-order valence-electron chi connectivity index (χ1n) is 16.7. The molecule has 0 aliphatic carbocycles. The lowest BCUT2D eigenvalue weighted by molar-refractivity contribution is -0.930. The summed E-state index contributed by atoms with van der Waals surface area (Å²) in [4.78, 5) is 27.8. The Morgan fingerprint density at radius 2 is 1.60 bits per heavy atom. The zero-order chi connectivity index (χ0) is 38.3. The zero-order valence-corrected chi connectivity index (χ0v) is 29.8. The molecule has 0 radical (unpaired) electrons. The number of halogens is 3. The number of carbonyl (C=O) groups is 1. The van der Waals surface area contributed by atoms with Gasteiger partial charge in [0.2, 0.25) is 0 Å². The molecular weight excluding hydrogens is 712 g/mol. The van der Waals surface area contributed by atoms with Crippen LogP contribution in [0.5, 0.6) is 0 Å². The Morgan fingerprint density at radius 1 is 0.962 bits per heavy atom. The van der Waals surface area contributed by atoms with Crippen molar-refractivity contribution in [1.29, 1.82) is 5.26 Å². The third-order valence-corrected chi connectivity index (χ3v) is 11.1. The highest BCUT2D eigenvalue weighted by atomic mass is 32.2. The minimum absolute atomic E-state index is 0.00989. The van der Waals surface area contributed by atoms with Crippen molar-refractivity contribution in [2.45, 2.75) is 61.8 Å². The Morgan fingerprint density at radius 3 is 2.17 bits per heavy atom. The molecule has 16 heteroatoms. The Kier molecular flexibility index (Phi) is 9.94. The predicted molar refractivity (Wildman–Crippen MR) is 187 cm³/mol. The Balaban J connectivity index is 0.000000417. The lowest BCUT2D eigenvalue weighted by Gasteiger charge is -2.44. The van der Waals surface area contributed by atoms with Crippen LogP contribution in [-0.2, 0) is 16.3 Å². The van der Waals surface area contributed by atoms with Crippen LogP contribution >= 0.6 is 0 Å². The third-order valence-electron chi connectivity index (χ3n) is 10.2. The monoisotopic (exact) mass is 747 g/mol. The second-order valence-electron chi connectivity index (χ2n) is 13.6. The summed E-state index contributed by atoms with van der Waals surface area (Å²) in [6.45, 7) is 1.59. The number of rotatable bonds is 5. The number of nitriles is 1. The van der Waals surface area contributed by atoms with Gasteiger partial charge in [0.25, 0.3) is 0 Å². The van der Waals surface area contributed by atoms with Gasteiger partial charge in [0.15, 0.2) is 0 Å². The van der Waals surface area contributed by atoms with Crippen LogP contribution in [0.4, 0.5) is 18.0 Å². The highest BCUT2D eigenvalue weighted by Crippen LogP contribution is 2.40. The average molecular weight is 748 g/mol. The molecule has 0 unspecified atom stereocenters. The van der Waals surface area contributed by atoms with E-state index >= 15 is 0 Å². The Bertz CT molecular complexity index is 2340. The zero-order valence-electron chi connectivity index (χ0n) is 29.0. The molecule has 0 saturated carbocycles. The second kappa shape index (κ2) is 14.1. The maximum absolute atomic E-state index is 14.0. The number of hydrogen-bond acceptors (Lipinski definition) is 7. The number of aromatic nitrogens is 4. The number of imidazole rings is 1. The van der Waals surface area contributed by atoms with Crippen molar-refractivity contribution in [3.05, 3.63) is 118 Å². The van der Waals surface area contributed by atoms with E-state index in [1.807, 2.05) is 0 Å². The normalized spacial score (nSPS) is 19.2. The number of benzene rings is 3. The van der Waals surface area contributed by atoms with Gasteiger partial charge in [0, 0.05) is 31.7 Å². The highest BCUT2D eigenvalue weighted by molar-refractivity contribution is 7.85. The van der Waals surface area contributed by atoms with Crippen LogP contribution in [0.3, 0.4) is 0 Å². The smallest absolute Gasteiger partial charge is 0.416 e. The molecule has 12 nitrogen and oxygen atoms in total. The Labute approximate surface area is 303 Å². The summed E-state index contributed by atoms with van der Waals surface area (Å²) >= 11 is 0. The van der Waals surface area contributed by atoms with Crippen LogP contribution in [0, 0.1) is 18.3 Å². The van der Waals surface area contributed by atoms with Crippen molar-refractivity contribution in [2.75, 3.05) is 14.1 Å². The third kappa shape index (κ3) is 7.41. The molecule has 3 atom stereocenters. The lowest BCUT2D eigenvalue weighted by atomic mass is 9.96. The number of piperidine rings is 1. The molecule has 1 amide bonds. The molecule has 2 aliphatic rings. The summed E-state index contributed by atoms with van der Waals surface area (Å²) in [5, 5.41) is 16.7. The van der Waals surface area contributed by atoms with E-state index in [0.717, 1.165) is 51.4 Å². The molecule has 0 spiro atoms. The molecule has 2 bridgehead atoms. The van der Waals surface area contributed by atoms with Crippen molar-refractivity contribution in [3.8, 4) is 28.8 Å². The highest BCUT2D eigenvalue weighted by Gasteiger charge is 2.49. The summed E-state index contributed by atoms with van der Waals surface area (Å²) in [5.74, 6) is 0. The van der Waals surface area contributed by atoms with Gasteiger partial charge in [-0.15, -0.1) is 0 Å². The number of carbonyl (C=O) groups excluding carboxylic acids is 1. The number of alkyl halides is 3. The van der Waals surface area contributed by atoms with Crippen molar-refractivity contribution in [2.24, 2.45) is 0 Å². The van der Waals surface area contributed by atoms with Gasteiger partial charge in [0.1, 0.15) is 15.8 Å². The first kappa shape index (κ1) is 37.3. The quantitative estimate of drug-likeness (QED) is 0.181. The van der Waals surface area contributed by atoms with E-state index in [4.69, 9.17) is 0 Å². The van der Waals surface area contributed by atoms with Gasteiger partial charge in [-0.25, -0.2) is 27.3 Å². The fraction of sp³-hybridized carbons (Fsp3) is 0.297. The van der Waals surface area contributed by atoms with E-state index in [1.165, 1.54) is 47.3 Å². The van der Waals surface area contributed by atoms with Crippen LogP contribution < -0.4 is 11.0 Å². The summed E-state index contributed by atoms with van der Waals surface area (Å²) in [6, 6.07) is 22.0. The molecule has 2 aromatic heterocycles. The minimum Gasteiger partial charge on any atom is -0.744 e. The molecule has 1 N–H and O–H groups in total. The lowest BCUT2D eigenvalue weighted by Crippen LogP contribution is -2.59. The van der Waals surface area contributed by atoms with Crippen molar-refractivity contribution in [3.63, 3.8) is 0 Å². The second-order valence-corrected chi connectivity index (χ2v) is 15.0. The molecule has 276 valence electrons. The van der Waals surface area contributed by atoms with E-state index in [1.54, 1.807) is 43.3 Å². The largest absolute Gasteiger partial charge is 0.744 e. The van der Waals surface area contributed by atoms with Crippen LogP contribution in [0.2, 0.25) is 0 Å². The minimum atomic E-state index is -4.61. The van der Waals surface area contributed by atoms with E-state index in [0.29, 0.717) is 29.0 Å². The van der Waals surface area contributed by atoms with Gasteiger partial charge in [-0.2, -0.15) is 23.5 Å². The van der Waals surface area contributed by atoms with Crippen LogP contribution in [0.15, 0.2) is 101 Å². The summed E-state index contributed by atoms with van der Waals surface area (Å²) in [6.07, 6.45) is 0.594. The number of nitrogens with zero attached hydrogens (tertiary/aromatic N) is 6. The molecule has 2 saturated heterocycles. The van der Waals surface area contributed by atoms with Gasteiger partial charge in [0.05, 0.1) is 77.2 Å². The summed E-state index contributed by atoms with van der Waals surface area (Å²) < 4.78 is 76.2. The fourth-order valence-electron chi connectivity index (χ4n) is 7.41. The van der Waals surface area contributed by atoms with Gasteiger partial charge in [-0.05, 0) is 67.6 Å². The van der Waals surface area contributed by atoms with E-state index in [9.17, 15) is 41.0 Å². The molecule has 2 fully saturated rings. The fourth-order valence-corrected chi connectivity index (χ4v) is 7.90. The van der Waals surface area contributed by atoms with Crippen molar-refractivity contribution in [1.82, 2.24) is 24.2 Å². The van der Waals surface area contributed by atoms with Gasteiger partial charge in [-0.1, -0.05) is 24.3 Å². The SMILES string of the molecule is Cc1c(-c2ccnn2-c2ccc(C#N)cc2)n(C(=O)N[C@H]2C[C@H]3CC[C@@H](C2)[N+]3(C)C)c(=O)n1-c1cccc(C(F)(F)F)c1.O=S(=O)([O-])c1ccccc1. The number of amides is 1. The van der Waals surface area contributed by atoms with Crippen molar-refractivity contribution >= 4 is 16.1 Å². The average Bonchev–Trinajstić information content (AvgIpc) is 3.71. The van der Waals surface area contributed by atoms with Crippen LogP contribution in [-0.4, -0.2) is 74.6 Å². The maximum Gasteiger partial charge on any atom is 0.416 e. The predicted octanol–water partition coefficient (Wildman–Crippen LogP) is 5.61. The van der Waals surface area contributed by atoms with Gasteiger partial charge < -0.3 is 14.4 Å². The number of fused-ring (bicyclic) bond motifs is 2. The van der Waals surface area contributed by atoms with Crippen LogP contribution in [0.25, 0.3) is 22.8 Å². The first-order valence-corrected chi connectivity index (χ1v) is 18.1. The topological polar surface area (TPSA) is 155 Å². The molecule has 5 aromatic rings. The molecule has 3 aromatic carbocycles. The first-order chi connectivity index (χ1) is 25.0. The van der Waals surface area contributed by atoms with E-state index in [2.05, 4.69) is 30.6 Å². The van der Waals surface area contributed by atoms with Crippen LogP contribution in [0.1, 0.15) is 42.5 Å². The summed E-state index contributed by atoms with van der Waals surface area (Å²) in [5.41, 5.74) is 0.194. The van der Waals surface area contributed by atoms with Gasteiger partial charge in [-0.3, -0.25) is 4.57 Å². The standard InChI is InChI=1S/C31H30F3N7O2.C6H6O3S/c1-19-28(27-13-14-36-40(27)23-9-7-20(18-35)8-10-23)39(29(42)37-22-16-25-11-12-26(17-22)41(25,2)3)30(43)38(19)24-6-4-5-21(15-24)31(32,33)34;7-10(8,9)6-4-2-1-3-5-6/h4-10,13-15,22,25-26H,11-12,16-17H2,1-3H3;1-5H,(H,7,8,9)/t22-,25+,26-;. The molecule has 53 heavy (non-hydrogen) atoms. The maximum atomic E-state index is 14.0. The number of nitrogens with one attached hydrogen (secondary N) is 1.